The van der Waals surface area contributed by atoms with Crippen LogP contribution >= 0.6 is 0 Å². The van der Waals surface area contributed by atoms with E-state index in [-0.39, 0.29) is 37.2 Å². The molecule has 9 nitrogen and oxygen atoms in total. The second kappa shape index (κ2) is 7.96. The van der Waals surface area contributed by atoms with E-state index in [1.54, 1.807) is 33.0 Å². The van der Waals surface area contributed by atoms with Crippen molar-refractivity contribution >= 4 is 22.8 Å². The van der Waals surface area contributed by atoms with Crippen molar-refractivity contribution in [2.45, 2.75) is 45.6 Å². The monoisotopic (exact) mass is 481 g/mol. The average Bonchev–Trinajstić information content (AvgIpc) is 3.21. The van der Waals surface area contributed by atoms with E-state index in [4.69, 9.17) is 4.74 Å². The van der Waals surface area contributed by atoms with E-state index >= 15 is 0 Å². The lowest BCUT2D eigenvalue weighted by Gasteiger charge is -2.31. The molecule has 3 aromatic rings. The van der Waals surface area contributed by atoms with Crippen LogP contribution in [0.5, 0.6) is 0 Å². The summed E-state index contributed by atoms with van der Waals surface area (Å²) in [4.78, 5) is 44.0. The Kier molecular flexibility index (Phi) is 5.26. The van der Waals surface area contributed by atoms with Gasteiger partial charge in [-0.15, -0.1) is 0 Å². The SMILES string of the molecule is CC[C@@]1(O)C(=O)OCc2c1cc1n(c2=O)Cc2c-1nc1cc(F)c(C)cc1c2CN(C)C(=O)CO. The number of hydrogen-bond acceptors (Lipinski definition) is 7. The number of halogens is 1. The van der Waals surface area contributed by atoms with Gasteiger partial charge in [0.2, 0.25) is 5.91 Å². The normalized spacial score (nSPS) is 18.2. The van der Waals surface area contributed by atoms with Gasteiger partial charge in [-0.2, -0.15) is 0 Å². The molecule has 0 unspecified atom stereocenters. The zero-order valence-electron chi connectivity index (χ0n) is 19.5. The molecule has 2 N–H and O–H groups in total. The first-order valence-electron chi connectivity index (χ1n) is 11.2. The molecule has 0 aliphatic carbocycles. The second-order valence-corrected chi connectivity index (χ2v) is 9.05. The number of benzene rings is 1. The summed E-state index contributed by atoms with van der Waals surface area (Å²) >= 11 is 0. The van der Waals surface area contributed by atoms with Gasteiger partial charge in [0.05, 0.1) is 29.0 Å². The molecule has 10 heteroatoms. The van der Waals surface area contributed by atoms with Crippen LogP contribution in [0.2, 0.25) is 0 Å². The maximum Gasteiger partial charge on any atom is 0.343 e. The number of aryl methyl sites for hydroxylation is 1. The number of pyridine rings is 2. The maximum atomic E-state index is 14.5. The van der Waals surface area contributed by atoms with Gasteiger partial charge in [0.25, 0.3) is 5.56 Å². The Morgan fingerprint density at radius 2 is 2.03 bits per heavy atom. The molecule has 2 aromatic heterocycles. The predicted molar refractivity (Wildman–Crippen MR) is 123 cm³/mol. The predicted octanol–water partition coefficient (Wildman–Crippen LogP) is 1.48. The number of nitrogens with zero attached hydrogens (tertiary/aromatic N) is 3. The number of aliphatic hydroxyl groups excluding tert-OH is 1. The average molecular weight is 481 g/mol. The molecule has 4 heterocycles. The molecule has 5 rings (SSSR count). The molecule has 0 saturated heterocycles. The van der Waals surface area contributed by atoms with E-state index in [1.807, 2.05) is 0 Å². The molecule has 0 radical (unpaired) electrons. The van der Waals surface area contributed by atoms with Crippen LogP contribution in [-0.2, 0) is 39.6 Å². The molecule has 0 bridgehead atoms. The van der Waals surface area contributed by atoms with Gasteiger partial charge >= 0.3 is 5.97 Å². The van der Waals surface area contributed by atoms with Crippen LogP contribution in [0.1, 0.15) is 41.2 Å². The van der Waals surface area contributed by atoms with Crippen LogP contribution in [0.15, 0.2) is 23.0 Å². The van der Waals surface area contributed by atoms with Crippen LogP contribution < -0.4 is 5.56 Å². The molecule has 2 aliphatic heterocycles. The number of carbonyl (C=O) groups excluding carboxylic acids is 2. The van der Waals surface area contributed by atoms with Gasteiger partial charge in [-0.25, -0.2) is 14.2 Å². The number of ether oxygens (including phenoxy) is 1. The number of esters is 1. The number of rotatable bonds is 4. The number of amides is 1. The number of cyclic esters (lactones) is 1. The van der Waals surface area contributed by atoms with Gasteiger partial charge < -0.3 is 24.4 Å². The van der Waals surface area contributed by atoms with Crippen molar-refractivity contribution in [2.24, 2.45) is 0 Å². The van der Waals surface area contributed by atoms with Crippen LogP contribution in [0.3, 0.4) is 0 Å². The fraction of sp³-hybridized carbons (Fsp3) is 0.360. The van der Waals surface area contributed by atoms with E-state index in [2.05, 4.69) is 4.98 Å². The van der Waals surface area contributed by atoms with E-state index in [9.17, 15) is 29.0 Å². The van der Waals surface area contributed by atoms with Gasteiger partial charge in [0, 0.05) is 36.2 Å². The minimum Gasteiger partial charge on any atom is -0.458 e. The summed E-state index contributed by atoms with van der Waals surface area (Å²) in [6, 6.07) is 4.55. The van der Waals surface area contributed by atoms with Crippen molar-refractivity contribution in [2.75, 3.05) is 13.7 Å². The maximum absolute atomic E-state index is 14.5. The van der Waals surface area contributed by atoms with Crippen molar-refractivity contribution in [3.05, 3.63) is 62.2 Å². The van der Waals surface area contributed by atoms with Crippen molar-refractivity contribution in [1.82, 2.24) is 14.5 Å². The largest absolute Gasteiger partial charge is 0.458 e. The van der Waals surface area contributed by atoms with Gasteiger partial charge in [-0.3, -0.25) is 9.59 Å². The van der Waals surface area contributed by atoms with E-state index in [1.165, 1.54) is 15.5 Å². The molecule has 35 heavy (non-hydrogen) atoms. The summed E-state index contributed by atoms with van der Waals surface area (Å²) in [7, 11) is 1.55. The van der Waals surface area contributed by atoms with Crippen LogP contribution in [0.25, 0.3) is 22.3 Å². The highest BCUT2D eigenvalue weighted by atomic mass is 19.1. The van der Waals surface area contributed by atoms with Gasteiger partial charge in [-0.1, -0.05) is 6.92 Å². The zero-order chi connectivity index (χ0) is 25.2. The highest BCUT2D eigenvalue weighted by Crippen LogP contribution is 2.40. The minimum absolute atomic E-state index is 0.0174. The second-order valence-electron chi connectivity index (χ2n) is 9.05. The Hall–Kier alpha value is -3.63. The number of hydrogen-bond donors (Lipinski definition) is 2. The smallest absolute Gasteiger partial charge is 0.343 e. The van der Waals surface area contributed by atoms with Crippen molar-refractivity contribution in [3.8, 4) is 11.4 Å². The zero-order valence-corrected chi connectivity index (χ0v) is 19.5. The molecular formula is C25H24FN3O6. The lowest BCUT2D eigenvalue weighted by atomic mass is 9.86. The molecule has 2 aliphatic rings. The summed E-state index contributed by atoms with van der Waals surface area (Å²) in [5.74, 6) is -1.75. The third-order valence-electron chi connectivity index (χ3n) is 7.04. The molecule has 182 valence electrons. The summed E-state index contributed by atoms with van der Waals surface area (Å²) in [6.07, 6.45) is 0.0174. The quantitative estimate of drug-likeness (QED) is 0.424. The highest BCUT2D eigenvalue weighted by Gasteiger charge is 2.45. The van der Waals surface area contributed by atoms with Crippen LogP contribution in [0, 0.1) is 12.7 Å². The van der Waals surface area contributed by atoms with Crippen molar-refractivity contribution < 1.29 is 28.9 Å². The molecule has 0 saturated carbocycles. The lowest BCUT2D eigenvalue weighted by molar-refractivity contribution is -0.172. The fourth-order valence-electron chi connectivity index (χ4n) is 4.92. The summed E-state index contributed by atoms with van der Waals surface area (Å²) in [5, 5.41) is 21.0. The Morgan fingerprint density at radius 3 is 2.71 bits per heavy atom. The number of carbonyl (C=O) groups is 2. The Labute approximate surface area is 199 Å². The third-order valence-corrected chi connectivity index (χ3v) is 7.04. The fourth-order valence-corrected chi connectivity index (χ4v) is 4.92. The number of aliphatic hydroxyl groups is 2. The number of likely N-dealkylation sites (N-methyl/N-ethyl adjacent to an activating group) is 1. The first-order chi connectivity index (χ1) is 16.6. The van der Waals surface area contributed by atoms with Crippen LogP contribution in [0.4, 0.5) is 4.39 Å². The minimum atomic E-state index is -1.96. The first kappa shape index (κ1) is 23.1. The summed E-state index contributed by atoms with van der Waals surface area (Å²) < 4.78 is 21.1. The van der Waals surface area contributed by atoms with Crippen LogP contribution in [-0.4, -0.2) is 50.2 Å². The Morgan fingerprint density at radius 1 is 1.29 bits per heavy atom. The topological polar surface area (TPSA) is 122 Å². The Balaban J connectivity index is 1.80. The van der Waals surface area contributed by atoms with E-state index in [0.717, 1.165) is 0 Å². The van der Waals surface area contributed by atoms with Gasteiger partial charge in [0.1, 0.15) is 19.0 Å². The van der Waals surface area contributed by atoms with Gasteiger partial charge in [0.15, 0.2) is 5.60 Å². The summed E-state index contributed by atoms with van der Waals surface area (Å²) in [5.41, 5.74) is 0.929. The molecule has 1 amide bonds. The number of fused-ring (bicyclic) bond motifs is 5. The molecule has 1 aromatic carbocycles. The lowest BCUT2D eigenvalue weighted by Crippen LogP contribution is -2.44. The molecular weight excluding hydrogens is 457 g/mol. The highest BCUT2D eigenvalue weighted by molar-refractivity contribution is 5.90. The standard InChI is InChI=1S/C25H24FN3O6/c1-4-25(34)17-6-20-22-15(9-29(20)23(32)16(17)11-35-24(25)33)14(8-28(3)21(31)10-30)13-5-12(2)18(26)7-19(13)27-22/h5-7,30,34H,4,8-11H2,1-3H3/t25-/m0/s1. The first-order valence-corrected chi connectivity index (χ1v) is 11.2. The Bertz CT molecular complexity index is 1500. The van der Waals surface area contributed by atoms with E-state index in [0.29, 0.717) is 39.0 Å². The summed E-state index contributed by atoms with van der Waals surface area (Å²) in [6.45, 7) is 2.60. The third kappa shape index (κ3) is 3.28. The van der Waals surface area contributed by atoms with Crippen molar-refractivity contribution in [1.29, 1.82) is 0 Å². The van der Waals surface area contributed by atoms with Crippen molar-refractivity contribution in [3.63, 3.8) is 0 Å². The molecule has 0 fully saturated rings. The van der Waals surface area contributed by atoms with E-state index < -0.39 is 35.5 Å². The number of aromatic nitrogens is 2. The molecule has 1 atom stereocenters. The molecule has 0 spiro atoms. The van der Waals surface area contributed by atoms with Gasteiger partial charge in [-0.05, 0) is 36.6 Å².